The van der Waals surface area contributed by atoms with Crippen LogP contribution in [-0.2, 0) is 66.7 Å². The highest BCUT2D eigenvalue weighted by molar-refractivity contribution is 6.49. The third-order valence-corrected chi connectivity index (χ3v) is 6.88. The lowest BCUT2D eigenvalue weighted by molar-refractivity contribution is -0.163. The van der Waals surface area contributed by atoms with E-state index in [0.717, 1.165) is 74.0 Å². The molecule has 44 heavy (non-hydrogen) atoms. The number of fused-ring (bicyclic) bond motifs is 1. The minimum Gasteiger partial charge on any atom is -0.468 e. The molecule has 2 atom stereocenters. The summed E-state index contributed by atoms with van der Waals surface area (Å²) in [7, 11) is 5.67. The van der Waals surface area contributed by atoms with Crippen molar-refractivity contribution in [3.63, 3.8) is 0 Å². The first kappa shape index (κ1) is 32.9. The molecule has 1 aromatic carbocycles. The van der Waals surface area contributed by atoms with Gasteiger partial charge in [-0.05, 0) is 24.3 Å². The number of carbonyl (C=O) groups excluding carboxylic acids is 7. The molecule has 0 radical (unpaired) electrons. The average molecular weight is 620 g/mol. The van der Waals surface area contributed by atoms with Crippen molar-refractivity contribution in [2.45, 2.75) is 5.54 Å². The molecule has 2 aliphatic rings. The van der Waals surface area contributed by atoms with E-state index in [1.54, 1.807) is 0 Å². The molecule has 0 bridgehead atoms. The van der Waals surface area contributed by atoms with E-state index in [0.29, 0.717) is 5.01 Å². The smallest absolute Gasteiger partial charge is 0.355 e. The Balaban J connectivity index is 2.96. The van der Waals surface area contributed by atoms with Gasteiger partial charge in [0.2, 0.25) is 5.54 Å². The van der Waals surface area contributed by atoms with E-state index in [1.807, 2.05) is 0 Å². The molecule has 0 N–H and O–H groups in total. The molecule has 1 aliphatic heterocycles. The maximum absolute atomic E-state index is 14.3. The molecule has 2 unspecified atom stereocenters. The Labute approximate surface area is 247 Å². The zero-order valence-electron chi connectivity index (χ0n) is 24.3. The van der Waals surface area contributed by atoms with Crippen molar-refractivity contribution in [2.24, 2.45) is 10.5 Å². The van der Waals surface area contributed by atoms with Crippen molar-refractivity contribution in [2.75, 3.05) is 54.8 Å². The number of carbonyl (C=O) groups is 7. The van der Waals surface area contributed by atoms with Gasteiger partial charge in [-0.1, -0.05) is 0 Å². The molecule has 0 saturated carbocycles. The van der Waals surface area contributed by atoms with Gasteiger partial charge in [-0.2, -0.15) is 5.10 Å². The van der Waals surface area contributed by atoms with E-state index in [1.165, 1.54) is 0 Å². The first-order valence-corrected chi connectivity index (χ1v) is 12.1. The van der Waals surface area contributed by atoms with Gasteiger partial charge >= 0.3 is 41.8 Å². The van der Waals surface area contributed by atoms with Crippen molar-refractivity contribution in [3.05, 3.63) is 52.4 Å². The number of halogens is 1. The van der Waals surface area contributed by atoms with Crippen molar-refractivity contribution in [3.8, 4) is 0 Å². The number of anilines is 1. The third kappa shape index (κ3) is 4.26. The Kier molecular flexibility index (Phi) is 9.21. The fourth-order valence-electron chi connectivity index (χ4n) is 5.23. The largest absolute Gasteiger partial charge is 0.468 e. The maximum Gasteiger partial charge on any atom is 0.355 e. The van der Waals surface area contributed by atoms with E-state index in [2.05, 4.69) is 5.10 Å². The fourth-order valence-corrected chi connectivity index (χ4v) is 5.23. The minimum absolute atomic E-state index is 0.319. The van der Waals surface area contributed by atoms with Crippen LogP contribution in [0.5, 0.6) is 0 Å². The Bertz CT molecular complexity index is 1560. The standard InChI is InChI=1S/C27H25FN2O14/c1-38-19(31)14-15(20(32)39-2)17(22(34)41-4)27(25(37)44-7)26(24(36)43-6,16(14)21(33)40-3)18(23(35)42-5)29-30(27)13-10-8-12(28)9-11-13/h8-11H,1-7H3. The molecule has 3 rings (SSSR count). The summed E-state index contributed by atoms with van der Waals surface area (Å²) < 4.78 is 48.3. The lowest BCUT2D eigenvalue weighted by atomic mass is 9.54. The van der Waals surface area contributed by atoms with Crippen molar-refractivity contribution in [1.82, 2.24) is 0 Å². The summed E-state index contributed by atoms with van der Waals surface area (Å²) >= 11 is 0. The molecule has 1 aliphatic carbocycles. The molecule has 16 nitrogen and oxygen atoms in total. The molecule has 0 fully saturated rings. The van der Waals surface area contributed by atoms with Crippen molar-refractivity contribution >= 4 is 53.2 Å². The Morgan fingerprint density at radius 3 is 1.45 bits per heavy atom. The molecular formula is C27H25FN2O14. The number of rotatable bonds is 8. The van der Waals surface area contributed by atoms with Gasteiger partial charge in [0.25, 0.3) is 0 Å². The highest BCUT2D eigenvalue weighted by Gasteiger charge is 2.82. The SMILES string of the molecule is COC(=O)C1=NN(c2ccc(F)cc2)C2(C(=O)OC)C(C(=O)OC)=C(C(=O)OC)C(C(=O)OC)=C(C(=O)OC)C12C(=O)OC. The average Bonchev–Trinajstić information content (AvgIpc) is 3.37. The molecule has 0 amide bonds. The number of nitrogens with zero attached hydrogens (tertiary/aromatic N) is 2. The van der Waals surface area contributed by atoms with Crippen LogP contribution in [-0.4, -0.2) is 103 Å². The predicted octanol–water partition coefficient (Wildman–Crippen LogP) is -0.455. The topological polar surface area (TPSA) is 200 Å². The molecule has 0 aromatic heterocycles. The zero-order valence-corrected chi connectivity index (χ0v) is 24.3. The van der Waals surface area contributed by atoms with E-state index in [9.17, 15) is 38.0 Å². The number of benzene rings is 1. The van der Waals surface area contributed by atoms with Gasteiger partial charge in [-0.3, -0.25) is 4.79 Å². The quantitative estimate of drug-likeness (QED) is 0.267. The van der Waals surface area contributed by atoms with Crippen LogP contribution in [0.2, 0.25) is 0 Å². The second-order valence-electron chi connectivity index (χ2n) is 8.64. The van der Waals surface area contributed by atoms with Crippen LogP contribution in [0.3, 0.4) is 0 Å². The highest BCUT2D eigenvalue weighted by Crippen LogP contribution is 2.60. The van der Waals surface area contributed by atoms with Crippen LogP contribution in [0.4, 0.5) is 10.1 Å². The summed E-state index contributed by atoms with van der Waals surface area (Å²) in [4.78, 5) is 96.6. The molecule has 234 valence electrons. The summed E-state index contributed by atoms with van der Waals surface area (Å²) in [6.07, 6.45) is 0. The van der Waals surface area contributed by atoms with Crippen LogP contribution in [0, 0.1) is 11.2 Å². The fraction of sp³-hybridized carbons (Fsp3) is 0.333. The minimum atomic E-state index is -3.35. The summed E-state index contributed by atoms with van der Waals surface area (Å²) in [6.45, 7) is 0. The van der Waals surface area contributed by atoms with Crippen LogP contribution >= 0.6 is 0 Å². The number of hydrogen-bond acceptors (Lipinski definition) is 16. The van der Waals surface area contributed by atoms with Gasteiger partial charge in [0.1, 0.15) is 5.82 Å². The monoisotopic (exact) mass is 620 g/mol. The zero-order chi connectivity index (χ0) is 33.1. The molecular weight excluding hydrogens is 595 g/mol. The summed E-state index contributed by atoms with van der Waals surface area (Å²) in [5.74, 6) is -11.9. The second-order valence-corrected chi connectivity index (χ2v) is 8.64. The number of hydrazone groups is 1. The van der Waals surface area contributed by atoms with Crippen molar-refractivity contribution < 1.29 is 71.1 Å². The lowest BCUT2D eigenvalue weighted by Gasteiger charge is -2.48. The summed E-state index contributed by atoms with van der Waals surface area (Å²) in [5, 5.41) is 4.66. The van der Waals surface area contributed by atoms with Crippen molar-refractivity contribution in [1.29, 1.82) is 0 Å². The van der Waals surface area contributed by atoms with Crippen LogP contribution in [0.15, 0.2) is 51.7 Å². The molecule has 0 saturated heterocycles. The number of esters is 7. The van der Waals surface area contributed by atoms with Gasteiger partial charge in [-0.25, -0.2) is 38.2 Å². The van der Waals surface area contributed by atoms with E-state index in [-0.39, 0.29) is 5.69 Å². The highest BCUT2D eigenvalue weighted by atomic mass is 19.1. The van der Waals surface area contributed by atoms with Crippen LogP contribution in [0.1, 0.15) is 0 Å². The molecule has 1 heterocycles. The lowest BCUT2D eigenvalue weighted by Crippen LogP contribution is -2.72. The first-order valence-electron chi connectivity index (χ1n) is 12.1. The Hall–Kier alpha value is -5.61. The Morgan fingerprint density at radius 1 is 0.591 bits per heavy atom. The van der Waals surface area contributed by atoms with Gasteiger partial charge in [-0.15, -0.1) is 0 Å². The van der Waals surface area contributed by atoms with Gasteiger partial charge < -0.3 is 33.2 Å². The second kappa shape index (κ2) is 12.3. The van der Waals surface area contributed by atoms with E-state index >= 15 is 0 Å². The predicted molar refractivity (Wildman–Crippen MR) is 140 cm³/mol. The summed E-state index contributed by atoms with van der Waals surface area (Å²) in [5.41, 5.74) is -12.8. The van der Waals surface area contributed by atoms with Crippen LogP contribution in [0.25, 0.3) is 0 Å². The third-order valence-electron chi connectivity index (χ3n) is 6.88. The maximum atomic E-state index is 14.3. The van der Waals surface area contributed by atoms with Gasteiger partial charge in [0.15, 0.2) is 11.1 Å². The first-order chi connectivity index (χ1) is 20.9. The number of methoxy groups -OCH3 is 7. The molecule has 17 heteroatoms. The molecule has 0 spiro atoms. The summed E-state index contributed by atoms with van der Waals surface area (Å²) in [6, 6.07) is 3.79. The van der Waals surface area contributed by atoms with Gasteiger partial charge in [0, 0.05) is 0 Å². The Morgan fingerprint density at radius 2 is 1.02 bits per heavy atom. The molecule has 1 aromatic rings. The van der Waals surface area contributed by atoms with Crippen LogP contribution < -0.4 is 5.01 Å². The number of ether oxygens (including phenoxy) is 7. The number of hydrogen-bond donors (Lipinski definition) is 0. The van der Waals surface area contributed by atoms with E-state index in [4.69, 9.17) is 33.2 Å². The van der Waals surface area contributed by atoms with Gasteiger partial charge in [0.05, 0.1) is 77.7 Å². The van der Waals surface area contributed by atoms with E-state index < -0.39 is 86.6 Å². The normalized spacial score (nSPS) is 20.5.